The number of hydrogen-bond acceptors (Lipinski definition) is 4. The second kappa shape index (κ2) is 12.0. The van der Waals surface area contributed by atoms with Crippen LogP contribution in [0.15, 0.2) is 77.7 Å². The van der Waals surface area contributed by atoms with Gasteiger partial charge in [-0.05, 0) is 62.7 Å². The van der Waals surface area contributed by atoms with Gasteiger partial charge >= 0.3 is 0 Å². The van der Waals surface area contributed by atoms with Gasteiger partial charge in [-0.1, -0.05) is 42.0 Å². The average Bonchev–Trinajstić information content (AvgIpc) is 2.87. The average molecular weight is 530 g/mol. The number of amides is 2. The molecule has 0 saturated heterocycles. The van der Waals surface area contributed by atoms with Crippen LogP contribution >= 0.6 is 0 Å². The highest BCUT2D eigenvalue weighted by atomic mass is 32.2. The summed E-state index contributed by atoms with van der Waals surface area (Å²) in [5.41, 5.74) is 1.06. The number of carbonyl (C=O) groups is 2. The van der Waals surface area contributed by atoms with Crippen molar-refractivity contribution in [2.24, 2.45) is 0 Å². The number of para-hydroxylation sites is 1. The van der Waals surface area contributed by atoms with Crippen LogP contribution in [0, 0.1) is 18.6 Å². The molecular weight excluding hydrogens is 500 g/mol. The van der Waals surface area contributed by atoms with Crippen molar-refractivity contribution in [2.75, 3.05) is 17.4 Å². The molecule has 0 unspecified atom stereocenters. The molecule has 2 amide bonds. The molecule has 3 rings (SSSR count). The maximum Gasteiger partial charge on any atom is 0.264 e. The number of nitrogens with one attached hydrogen (secondary N) is 1. The Morgan fingerprint density at radius 3 is 2.16 bits per heavy atom. The molecular formula is C27H29F2N3O4S. The largest absolute Gasteiger partial charge is 0.355 e. The molecule has 3 aromatic carbocycles. The molecule has 37 heavy (non-hydrogen) atoms. The van der Waals surface area contributed by atoms with Gasteiger partial charge in [0.15, 0.2) is 0 Å². The number of carbonyl (C=O) groups excluding carboxylic acids is 2. The predicted octanol–water partition coefficient (Wildman–Crippen LogP) is 4.02. The molecule has 0 aliphatic rings. The molecule has 0 bridgehead atoms. The second-order valence-electron chi connectivity index (χ2n) is 8.49. The van der Waals surface area contributed by atoms with Crippen LogP contribution in [0.25, 0.3) is 0 Å². The topological polar surface area (TPSA) is 86.8 Å². The Morgan fingerprint density at radius 1 is 0.946 bits per heavy atom. The number of likely N-dealkylation sites (N-methyl/N-ethyl adjacent to an activating group) is 1. The summed E-state index contributed by atoms with van der Waals surface area (Å²) in [5, 5.41) is 2.65. The summed E-state index contributed by atoms with van der Waals surface area (Å²) in [6.07, 6.45) is 0. The first-order valence-electron chi connectivity index (χ1n) is 11.7. The van der Waals surface area contributed by atoms with Gasteiger partial charge in [0.1, 0.15) is 24.2 Å². The molecule has 10 heteroatoms. The van der Waals surface area contributed by atoms with Gasteiger partial charge in [-0.15, -0.1) is 0 Å². The minimum absolute atomic E-state index is 0.0902. The van der Waals surface area contributed by atoms with Crippen molar-refractivity contribution >= 4 is 27.5 Å². The summed E-state index contributed by atoms with van der Waals surface area (Å²) >= 11 is 0. The lowest BCUT2D eigenvalue weighted by Crippen LogP contribution is -2.51. The van der Waals surface area contributed by atoms with Gasteiger partial charge in [-0.25, -0.2) is 17.2 Å². The van der Waals surface area contributed by atoms with Crippen molar-refractivity contribution in [3.05, 3.63) is 95.6 Å². The third kappa shape index (κ3) is 6.71. The third-order valence-electron chi connectivity index (χ3n) is 5.79. The van der Waals surface area contributed by atoms with Crippen LogP contribution in [0.1, 0.15) is 25.0 Å². The molecule has 0 aromatic heterocycles. The summed E-state index contributed by atoms with van der Waals surface area (Å²) in [6, 6.07) is 15.6. The van der Waals surface area contributed by atoms with Crippen LogP contribution in [0.4, 0.5) is 14.5 Å². The second-order valence-corrected chi connectivity index (χ2v) is 10.4. The summed E-state index contributed by atoms with van der Waals surface area (Å²) in [7, 11) is -4.36. The molecule has 0 radical (unpaired) electrons. The molecule has 0 spiro atoms. The van der Waals surface area contributed by atoms with E-state index in [2.05, 4.69) is 5.32 Å². The van der Waals surface area contributed by atoms with Gasteiger partial charge in [-0.2, -0.15) is 0 Å². The standard InChI is InChI=1S/C27H29F2N3O4S/c1-4-30-27(34)20(3)31(17-21-11-13-22(28)14-12-21)26(33)18-32(25-8-6-5-7-24(25)29)37(35,36)23-15-9-19(2)10-16-23/h5-16,20H,4,17-18H2,1-3H3,(H,30,34)/t20-/m0/s1. The quantitative estimate of drug-likeness (QED) is 0.430. The molecule has 1 N–H and O–H groups in total. The van der Waals surface area contributed by atoms with Crippen LogP contribution in [0.5, 0.6) is 0 Å². The summed E-state index contributed by atoms with van der Waals surface area (Å²) in [6.45, 7) is 4.50. The maximum absolute atomic E-state index is 14.8. The zero-order chi connectivity index (χ0) is 27.2. The van der Waals surface area contributed by atoms with Crippen molar-refractivity contribution in [3.63, 3.8) is 0 Å². The Balaban J connectivity index is 2.03. The minimum Gasteiger partial charge on any atom is -0.355 e. The van der Waals surface area contributed by atoms with Crippen molar-refractivity contribution in [3.8, 4) is 0 Å². The molecule has 196 valence electrons. The first kappa shape index (κ1) is 27.8. The highest BCUT2D eigenvalue weighted by molar-refractivity contribution is 7.92. The van der Waals surface area contributed by atoms with Crippen LogP contribution in [0.2, 0.25) is 0 Å². The Labute approximate surface area is 215 Å². The molecule has 0 aliphatic carbocycles. The smallest absolute Gasteiger partial charge is 0.264 e. The SMILES string of the molecule is CCNC(=O)[C@H](C)N(Cc1ccc(F)cc1)C(=O)CN(c1ccccc1F)S(=O)(=O)c1ccc(C)cc1. The highest BCUT2D eigenvalue weighted by Crippen LogP contribution is 2.27. The number of rotatable bonds is 10. The third-order valence-corrected chi connectivity index (χ3v) is 7.57. The minimum atomic E-state index is -4.36. The zero-order valence-electron chi connectivity index (χ0n) is 20.8. The number of aryl methyl sites for hydroxylation is 1. The molecule has 0 heterocycles. The van der Waals surface area contributed by atoms with Crippen molar-refractivity contribution in [1.82, 2.24) is 10.2 Å². The van der Waals surface area contributed by atoms with Crippen LogP contribution in [0.3, 0.4) is 0 Å². The van der Waals surface area contributed by atoms with Crippen LogP contribution in [-0.2, 0) is 26.2 Å². The van der Waals surface area contributed by atoms with E-state index >= 15 is 0 Å². The molecule has 0 fully saturated rings. The zero-order valence-corrected chi connectivity index (χ0v) is 21.6. The van der Waals surface area contributed by atoms with Gasteiger partial charge in [-0.3, -0.25) is 13.9 Å². The lowest BCUT2D eigenvalue weighted by Gasteiger charge is -2.32. The van der Waals surface area contributed by atoms with Crippen molar-refractivity contribution < 1.29 is 26.8 Å². The molecule has 1 atom stereocenters. The lowest BCUT2D eigenvalue weighted by molar-refractivity contribution is -0.139. The van der Waals surface area contributed by atoms with Crippen molar-refractivity contribution in [2.45, 2.75) is 38.3 Å². The monoisotopic (exact) mass is 529 g/mol. The number of benzene rings is 3. The first-order chi connectivity index (χ1) is 17.5. The summed E-state index contributed by atoms with van der Waals surface area (Å²) in [5.74, 6) is -2.47. The Bertz CT molecular complexity index is 1350. The number of halogens is 2. The number of nitrogens with zero attached hydrogens (tertiary/aromatic N) is 2. The highest BCUT2D eigenvalue weighted by Gasteiger charge is 2.33. The van der Waals surface area contributed by atoms with E-state index < -0.39 is 46.1 Å². The molecule has 7 nitrogen and oxygen atoms in total. The number of sulfonamides is 1. The predicted molar refractivity (Wildman–Crippen MR) is 137 cm³/mol. The lowest BCUT2D eigenvalue weighted by atomic mass is 10.1. The van der Waals surface area contributed by atoms with E-state index in [0.717, 1.165) is 11.6 Å². The van der Waals surface area contributed by atoms with Gasteiger partial charge < -0.3 is 10.2 Å². The van der Waals surface area contributed by atoms with Crippen molar-refractivity contribution in [1.29, 1.82) is 0 Å². The molecule has 3 aromatic rings. The molecule has 0 saturated carbocycles. The van der Waals surface area contributed by atoms with Crippen LogP contribution in [-0.4, -0.2) is 44.3 Å². The number of anilines is 1. The van der Waals surface area contributed by atoms with E-state index in [1.807, 2.05) is 0 Å². The van der Waals surface area contributed by atoms with E-state index in [9.17, 15) is 26.8 Å². The van der Waals surface area contributed by atoms with E-state index in [-0.39, 0.29) is 17.1 Å². The van der Waals surface area contributed by atoms with Gasteiger partial charge in [0.05, 0.1) is 10.6 Å². The Kier molecular flexibility index (Phi) is 8.99. The fraction of sp³-hybridized carbons (Fsp3) is 0.259. The normalized spacial score (nSPS) is 12.0. The van der Waals surface area contributed by atoms with E-state index in [4.69, 9.17) is 0 Å². The van der Waals surface area contributed by atoms with Gasteiger partial charge in [0.2, 0.25) is 11.8 Å². The Hall–Kier alpha value is -3.79. The maximum atomic E-state index is 14.8. The summed E-state index contributed by atoms with van der Waals surface area (Å²) < 4.78 is 56.2. The fourth-order valence-corrected chi connectivity index (χ4v) is 5.12. The van der Waals surface area contributed by atoms with E-state index in [1.54, 1.807) is 26.0 Å². The Morgan fingerprint density at radius 2 is 1.57 bits per heavy atom. The number of hydrogen-bond donors (Lipinski definition) is 1. The van der Waals surface area contributed by atoms with E-state index in [0.29, 0.717) is 16.4 Å². The van der Waals surface area contributed by atoms with Crippen LogP contribution < -0.4 is 9.62 Å². The first-order valence-corrected chi connectivity index (χ1v) is 13.1. The van der Waals surface area contributed by atoms with Gasteiger partial charge in [0.25, 0.3) is 10.0 Å². The van der Waals surface area contributed by atoms with E-state index in [1.165, 1.54) is 66.4 Å². The van der Waals surface area contributed by atoms with Gasteiger partial charge in [0, 0.05) is 13.1 Å². The fourth-order valence-electron chi connectivity index (χ4n) is 3.70. The summed E-state index contributed by atoms with van der Waals surface area (Å²) in [4.78, 5) is 27.3. The molecule has 0 aliphatic heterocycles.